The van der Waals surface area contributed by atoms with E-state index in [0.29, 0.717) is 27.8 Å². The molecule has 3 aromatic rings. The Balaban J connectivity index is 1.28. The zero-order valence-electron chi connectivity index (χ0n) is 20.1. The number of nitrogen functional groups attached to an aromatic ring is 1. The van der Waals surface area contributed by atoms with Crippen molar-refractivity contribution in [2.24, 2.45) is 0 Å². The van der Waals surface area contributed by atoms with E-state index in [1.165, 1.54) is 22.9 Å². The summed E-state index contributed by atoms with van der Waals surface area (Å²) in [6.07, 6.45) is 1.33. The number of carbonyl (C=O) groups is 4. The third-order valence-corrected chi connectivity index (χ3v) is 8.24. The van der Waals surface area contributed by atoms with Crippen molar-refractivity contribution in [3.05, 3.63) is 65.9 Å². The fourth-order valence-electron chi connectivity index (χ4n) is 4.87. The summed E-state index contributed by atoms with van der Waals surface area (Å²) in [6, 6.07) is 12.4. The Morgan fingerprint density at radius 1 is 1.14 bits per heavy atom. The smallest absolute Gasteiger partial charge is 0.327 e. The van der Waals surface area contributed by atoms with Gasteiger partial charge in [0.1, 0.15) is 17.5 Å². The number of carboxylic acids is 1. The van der Waals surface area contributed by atoms with Gasteiger partial charge in [0.2, 0.25) is 11.8 Å². The summed E-state index contributed by atoms with van der Waals surface area (Å²) in [5.74, 6) is -2.35. The summed E-state index contributed by atoms with van der Waals surface area (Å²) in [7, 11) is 0. The lowest BCUT2D eigenvalue weighted by Crippen LogP contribution is -2.70. The summed E-state index contributed by atoms with van der Waals surface area (Å²) in [5, 5.41) is 15.3. The molecule has 0 radical (unpaired) electrons. The fraction of sp³-hybridized carbons (Fsp3) is 0.269. The van der Waals surface area contributed by atoms with Gasteiger partial charge in [-0.15, -0.1) is 11.8 Å². The number of nitrogens with one attached hydrogen (secondary N) is 2. The number of carboxylic acid groups (broad SMARTS) is 1. The molecule has 5 N–H and O–H groups in total. The van der Waals surface area contributed by atoms with Crippen LogP contribution >= 0.6 is 11.8 Å². The highest BCUT2D eigenvalue weighted by Crippen LogP contribution is 2.50. The number of aromatic nitrogens is 1. The number of nitrogens with two attached hydrogens (primary N) is 1. The zero-order valence-corrected chi connectivity index (χ0v) is 20.9. The molecule has 2 aliphatic rings. The first-order valence-corrected chi connectivity index (χ1v) is 12.5. The van der Waals surface area contributed by atoms with Gasteiger partial charge in [-0.25, -0.2) is 4.79 Å². The Hall–Kier alpha value is -4.12. The maximum Gasteiger partial charge on any atom is 0.327 e. The molecule has 2 fully saturated rings. The van der Waals surface area contributed by atoms with Gasteiger partial charge in [0.25, 0.3) is 5.91 Å². The Bertz CT molecular complexity index is 1460. The number of hydrogen-bond acceptors (Lipinski definition) is 7. The molecule has 0 aliphatic carbocycles. The van der Waals surface area contributed by atoms with E-state index in [-0.39, 0.29) is 12.0 Å². The molecule has 10 nitrogen and oxygen atoms in total. The highest BCUT2D eigenvalue weighted by atomic mass is 32.2. The van der Waals surface area contributed by atoms with Crippen LogP contribution in [0.2, 0.25) is 0 Å². The quantitative estimate of drug-likeness (QED) is 0.362. The Kier molecular flexibility index (Phi) is 6.03. The largest absolute Gasteiger partial charge is 0.480 e. The third-order valence-electron chi connectivity index (χ3n) is 6.67. The molecule has 0 spiro atoms. The minimum absolute atomic E-state index is 0.0885. The van der Waals surface area contributed by atoms with Gasteiger partial charge in [0.15, 0.2) is 0 Å². The van der Waals surface area contributed by atoms with Crippen molar-refractivity contribution in [1.82, 2.24) is 15.2 Å². The fourth-order valence-corrected chi connectivity index (χ4v) is 6.50. The van der Waals surface area contributed by atoms with Crippen LogP contribution in [0.15, 0.2) is 54.7 Å². The molecule has 3 atom stereocenters. The number of pyridine rings is 1. The van der Waals surface area contributed by atoms with Gasteiger partial charge < -0.3 is 26.4 Å². The molecule has 190 valence electrons. The predicted octanol–water partition coefficient (Wildman–Crippen LogP) is 2.24. The number of fused-ring (bicyclic) bond motifs is 2. The minimum atomic E-state index is -1.06. The number of carbonyl (C=O) groups excluding carboxylic acids is 3. The topological polar surface area (TPSA) is 155 Å². The standard InChI is InChI=1S/C26H25N5O5S/c1-26(2)21(25(35)36)31-23(34)20(24(31)37-26)30-18(32)11-13-7-3-5-9-16(13)29-22(33)15-12-28-17-10-6-4-8-14(17)19(15)27/h3-10,12,20-21,24H,11H2,1-2H3,(H2,27,28)(H,29,33)(H,30,32)(H,35,36)/t20?,21-,24+/m0/s1. The maximum atomic E-state index is 13.0. The number of para-hydroxylation sites is 2. The molecule has 2 aliphatic heterocycles. The van der Waals surface area contributed by atoms with Crippen LogP contribution < -0.4 is 16.4 Å². The van der Waals surface area contributed by atoms with Crippen LogP contribution in [0.1, 0.15) is 29.8 Å². The van der Waals surface area contributed by atoms with Crippen molar-refractivity contribution in [1.29, 1.82) is 0 Å². The first kappa shape index (κ1) is 24.6. The second-order valence-electron chi connectivity index (χ2n) is 9.53. The number of benzene rings is 2. The van der Waals surface area contributed by atoms with Crippen LogP contribution in [-0.4, -0.2) is 60.9 Å². The molecule has 11 heteroatoms. The molecule has 5 rings (SSSR count). The maximum absolute atomic E-state index is 13.0. The predicted molar refractivity (Wildman–Crippen MR) is 140 cm³/mol. The molecule has 0 saturated carbocycles. The van der Waals surface area contributed by atoms with Crippen molar-refractivity contribution < 1.29 is 24.3 Å². The number of amides is 3. The lowest BCUT2D eigenvalue weighted by molar-refractivity contribution is -0.161. The van der Waals surface area contributed by atoms with E-state index in [2.05, 4.69) is 15.6 Å². The Morgan fingerprint density at radius 2 is 1.84 bits per heavy atom. The molecule has 2 aromatic carbocycles. The number of thioether (sulfide) groups is 1. The highest BCUT2D eigenvalue weighted by molar-refractivity contribution is 8.01. The van der Waals surface area contributed by atoms with Crippen LogP contribution in [-0.2, 0) is 20.8 Å². The number of anilines is 2. The summed E-state index contributed by atoms with van der Waals surface area (Å²) in [6.45, 7) is 3.55. The van der Waals surface area contributed by atoms with Crippen molar-refractivity contribution in [3.8, 4) is 0 Å². The number of rotatable bonds is 6. The van der Waals surface area contributed by atoms with E-state index in [1.807, 2.05) is 12.1 Å². The monoisotopic (exact) mass is 519 g/mol. The van der Waals surface area contributed by atoms with Crippen LogP contribution in [0.3, 0.4) is 0 Å². The van der Waals surface area contributed by atoms with Crippen LogP contribution in [0.4, 0.5) is 11.4 Å². The van der Waals surface area contributed by atoms with Gasteiger partial charge in [-0.1, -0.05) is 36.4 Å². The number of nitrogens with zero attached hydrogens (tertiary/aromatic N) is 2. The SMILES string of the molecule is CC1(C)S[C@@H]2C(NC(=O)Cc3ccccc3NC(=O)c3cnc4ccccc4c3N)C(=O)N2[C@H]1C(=O)O. The second-order valence-corrected chi connectivity index (χ2v) is 11.3. The molecular weight excluding hydrogens is 494 g/mol. The van der Waals surface area contributed by atoms with E-state index in [4.69, 9.17) is 5.73 Å². The third kappa shape index (κ3) is 4.25. The molecule has 1 unspecified atom stereocenters. The van der Waals surface area contributed by atoms with Gasteiger partial charge in [-0.2, -0.15) is 0 Å². The lowest BCUT2D eigenvalue weighted by atomic mass is 9.96. The number of β-lactam (4-membered cyclic amide) rings is 1. The molecule has 0 bridgehead atoms. The summed E-state index contributed by atoms with van der Waals surface area (Å²) in [4.78, 5) is 55.9. The average Bonchev–Trinajstić information content (AvgIpc) is 3.12. The first-order valence-electron chi connectivity index (χ1n) is 11.6. The summed E-state index contributed by atoms with van der Waals surface area (Å²) >= 11 is 1.36. The summed E-state index contributed by atoms with van der Waals surface area (Å²) in [5.41, 5.74) is 8.41. The van der Waals surface area contributed by atoms with E-state index in [0.717, 1.165) is 0 Å². The number of hydrogen-bond donors (Lipinski definition) is 4. The van der Waals surface area contributed by atoms with E-state index >= 15 is 0 Å². The second kappa shape index (κ2) is 9.07. The van der Waals surface area contributed by atoms with Crippen molar-refractivity contribution >= 4 is 57.7 Å². The molecule has 37 heavy (non-hydrogen) atoms. The minimum Gasteiger partial charge on any atom is -0.480 e. The van der Waals surface area contributed by atoms with Crippen LogP contribution in [0, 0.1) is 0 Å². The van der Waals surface area contributed by atoms with Gasteiger partial charge in [-0.05, 0) is 31.5 Å². The van der Waals surface area contributed by atoms with Gasteiger partial charge >= 0.3 is 5.97 Å². The lowest BCUT2D eigenvalue weighted by Gasteiger charge is -2.43. The first-order chi connectivity index (χ1) is 17.6. The van der Waals surface area contributed by atoms with E-state index in [9.17, 15) is 24.3 Å². The Morgan fingerprint density at radius 3 is 2.59 bits per heavy atom. The zero-order chi connectivity index (χ0) is 26.5. The van der Waals surface area contributed by atoms with Gasteiger partial charge in [-0.3, -0.25) is 19.4 Å². The van der Waals surface area contributed by atoms with Crippen LogP contribution in [0.5, 0.6) is 0 Å². The average molecular weight is 520 g/mol. The van der Waals surface area contributed by atoms with Crippen molar-refractivity contribution in [3.63, 3.8) is 0 Å². The van der Waals surface area contributed by atoms with Crippen molar-refractivity contribution in [2.45, 2.75) is 42.5 Å². The highest BCUT2D eigenvalue weighted by Gasteiger charge is 2.64. The van der Waals surface area contributed by atoms with Crippen molar-refractivity contribution in [2.75, 3.05) is 11.1 Å². The summed E-state index contributed by atoms with van der Waals surface area (Å²) < 4.78 is -0.679. The van der Waals surface area contributed by atoms with E-state index in [1.54, 1.807) is 50.2 Å². The van der Waals surface area contributed by atoms with Gasteiger partial charge in [0.05, 0.1) is 23.2 Å². The van der Waals surface area contributed by atoms with E-state index < -0.39 is 45.9 Å². The molecular formula is C26H25N5O5S. The Labute approximate surface area is 216 Å². The molecule has 2 saturated heterocycles. The normalized spacial score (nSPS) is 21.7. The molecule has 3 heterocycles. The molecule has 3 amide bonds. The van der Waals surface area contributed by atoms with Crippen LogP contribution in [0.25, 0.3) is 10.9 Å². The van der Waals surface area contributed by atoms with Gasteiger partial charge in [0, 0.05) is 22.0 Å². The number of aliphatic carboxylic acids is 1. The molecule has 1 aromatic heterocycles.